The highest BCUT2D eigenvalue weighted by molar-refractivity contribution is 6.13. The highest BCUT2D eigenvalue weighted by atomic mass is 19.1. The number of carbonyl (C=O) groups is 1. The number of pyridine rings is 1. The predicted molar refractivity (Wildman–Crippen MR) is 121 cm³/mol. The molecule has 4 rings (SSSR count). The summed E-state index contributed by atoms with van der Waals surface area (Å²) in [5.41, 5.74) is 3.53. The first kappa shape index (κ1) is 21.2. The van der Waals surface area contributed by atoms with Crippen molar-refractivity contribution in [3.8, 4) is 6.07 Å². The number of amides is 1. The van der Waals surface area contributed by atoms with E-state index in [1.54, 1.807) is 36.4 Å². The van der Waals surface area contributed by atoms with Gasteiger partial charge in [0.2, 0.25) is 12.4 Å². The van der Waals surface area contributed by atoms with E-state index in [4.69, 9.17) is 5.26 Å². The van der Waals surface area contributed by atoms with Crippen LogP contribution in [-0.2, 0) is 11.3 Å². The average molecular weight is 427 g/mol. The van der Waals surface area contributed by atoms with E-state index in [0.29, 0.717) is 23.5 Å². The monoisotopic (exact) mass is 427 g/mol. The molecule has 0 radical (unpaired) electrons. The van der Waals surface area contributed by atoms with Crippen LogP contribution >= 0.6 is 0 Å². The zero-order chi connectivity index (χ0) is 22.5. The van der Waals surface area contributed by atoms with Crippen molar-refractivity contribution in [2.24, 2.45) is 5.10 Å². The van der Waals surface area contributed by atoms with Gasteiger partial charge in [-0.15, -0.1) is 0 Å². The SMILES string of the molecule is Cc1ccccc1/C(=N\N(C=O)Cc1ccc(C#N)cc1)c1ccc(N2CCC2)nc1F. The minimum atomic E-state index is -0.624. The molecule has 3 aromatic rings. The first-order valence-electron chi connectivity index (χ1n) is 10.4. The third-order valence-electron chi connectivity index (χ3n) is 5.45. The zero-order valence-electron chi connectivity index (χ0n) is 17.7. The van der Waals surface area contributed by atoms with Crippen molar-refractivity contribution < 1.29 is 9.18 Å². The molecule has 0 N–H and O–H groups in total. The maximum Gasteiger partial charge on any atom is 0.230 e. The van der Waals surface area contributed by atoms with Gasteiger partial charge in [0, 0.05) is 18.7 Å². The van der Waals surface area contributed by atoms with Crippen molar-refractivity contribution in [3.05, 3.63) is 94.4 Å². The standard InChI is InChI=1S/C25H22FN5O/c1-18-5-2-3-6-21(18)24(22-11-12-23(28-25(22)26)30-13-4-14-30)29-31(17-32)16-20-9-7-19(15-27)8-10-20/h2-3,5-12,17H,4,13-14,16H2,1H3/b29-24+. The number of hydrogen-bond donors (Lipinski definition) is 0. The first-order valence-corrected chi connectivity index (χ1v) is 10.4. The van der Waals surface area contributed by atoms with Crippen LogP contribution in [0, 0.1) is 24.2 Å². The normalized spacial score (nSPS) is 13.3. The number of aromatic nitrogens is 1. The van der Waals surface area contributed by atoms with Crippen LogP contribution in [0.5, 0.6) is 0 Å². The highest BCUT2D eigenvalue weighted by Gasteiger charge is 2.21. The minimum absolute atomic E-state index is 0.186. The number of nitriles is 1. The van der Waals surface area contributed by atoms with Gasteiger partial charge in [0.1, 0.15) is 11.5 Å². The Labute approximate surface area is 186 Å². The van der Waals surface area contributed by atoms with Crippen molar-refractivity contribution >= 4 is 17.9 Å². The Hall–Kier alpha value is -4.05. The third kappa shape index (κ3) is 4.49. The quantitative estimate of drug-likeness (QED) is 0.247. The zero-order valence-corrected chi connectivity index (χ0v) is 17.7. The molecule has 0 unspecified atom stereocenters. The van der Waals surface area contributed by atoms with Gasteiger partial charge >= 0.3 is 0 Å². The van der Waals surface area contributed by atoms with Crippen LogP contribution in [0.3, 0.4) is 0 Å². The molecular weight excluding hydrogens is 405 g/mol. The Morgan fingerprint density at radius 3 is 2.50 bits per heavy atom. The maximum absolute atomic E-state index is 15.1. The predicted octanol–water partition coefficient (Wildman–Crippen LogP) is 4.02. The molecule has 0 saturated carbocycles. The third-order valence-corrected chi connectivity index (χ3v) is 5.45. The molecule has 32 heavy (non-hydrogen) atoms. The highest BCUT2D eigenvalue weighted by Crippen LogP contribution is 2.23. The number of carbonyl (C=O) groups excluding carboxylic acids is 1. The lowest BCUT2D eigenvalue weighted by atomic mass is 9.99. The van der Waals surface area contributed by atoms with Crippen LogP contribution in [0.2, 0.25) is 0 Å². The number of aryl methyl sites for hydroxylation is 1. The summed E-state index contributed by atoms with van der Waals surface area (Å²) in [6.45, 7) is 3.84. The first-order chi connectivity index (χ1) is 15.6. The second-order valence-corrected chi connectivity index (χ2v) is 7.62. The lowest BCUT2D eigenvalue weighted by Gasteiger charge is -2.32. The number of hydrogen-bond acceptors (Lipinski definition) is 5. The molecule has 1 saturated heterocycles. The van der Waals surface area contributed by atoms with Gasteiger partial charge in [0.25, 0.3) is 0 Å². The van der Waals surface area contributed by atoms with Gasteiger partial charge < -0.3 is 4.90 Å². The molecule has 7 heteroatoms. The van der Waals surface area contributed by atoms with Crippen molar-refractivity contribution in [3.63, 3.8) is 0 Å². The number of nitrogens with zero attached hydrogens (tertiary/aromatic N) is 5. The Bertz CT molecular complexity index is 1200. The van der Waals surface area contributed by atoms with E-state index in [9.17, 15) is 4.79 Å². The van der Waals surface area contributed by atoms with Crippen LogP contribution < -0.4 is 4.90 Å². The molecule has 0 aliphatic carbocycles. The van der Waals surface area contributed by atoms with Crippen LogP contribution in [-0.4, -0.2) is 35.2 Å². The summed E-state index contributed by atoms with van der Waals surface area (Å²) in [6.07, 6.45) is 1.68. The van der Waals surface area contributed by atoms with Gasteiger partial charge in [-0.1, -0.05) is 36.4 Å². The number of rotatable bonds is 7. The number of anilines is 1. The van der Waals surface area contributed by atoms with Gasteiger partial charge in [-0.3, -0.25) is 4.79 Å². The van der Waals surface area contributed by atoms with E-state index < -0.39 is 5.95 Å². The fourth-order valence-electron chi connectivity index (χ4n) is 3.51. The summed E-state index contributed by atoms with van der Waals surface area (Å²) in [4.78, 5) is 18.0. The van der Waals surface area contributed by atoms with Crippen LogP contribution in [0.4, 0.5) is 10.2 Å². The summed E-state index contributed by atoms with van der Waals surface area (Å²) in [5.74, 6) is -0.0212. The van der Waals surface area contributed by atoms with Gasteiger partial charge in [-0.2, -0.15) is 14.8 Å². The van der Waals surface area contributed by atoms with Crippen LogP contribution in [0.1, 0.15) is 34.2 Å². The van der Waals surface area contributed by atoms with E-state index in [-0.39, 0.29) is 12.1 Å². The van der Waals surface area contributed by atoms with E-state index in [1.165, 1.54) is 5.01 Å². The van der Waals surface area contributed by atoms with Crippen molar-refractivity contribution in [2.45, 2.75) is 19.9 Å². The number of hydrazone groups is 1. The van der Waals surface area contributed by atoms with E-state index in [2.05, 4.69) is 16.2 Å². The summed E-state index contributed by atoms with van der Waals surface area (Å²) < 4.78 is 15.1. The van der Waals surface area contributed by atoms with Crippen molar-refractivity contribution in [2.75, 3.05) is 18.0 Å². The second-order valence-electron chi connectivity index (χ2n) is 7.62. The Morgan fingerprint density at radius 2 is 1.91 bits per heavy atom. The Kier molecular flexibility index (Phi) is 6.22. The molecule has 1 fully saturated rings. The van der Waals surface area contributed by atoms with Gasteiger partial charge in [0.05, 0.1) is 23.7 Å². The molecular formula is C25H22FN5O. The van der Waals surface area contributed by atoms with Crippen LogP contribution in [0.25, 0.3) is 0 Å². The molecule has 0 atom stereocenters. The van der Waals surface area contributed by atoms with Crippen molar-refractivity contribution in [1.82, 2.24) is 9.99 Å². The maximum atomic E-state index is 15.1. The van der Waals surface area contributed by atoms with Gasteiger partial charge in [-0.25, -0.2) is 9.99 Å². The fourth-order valence-corrected chi connectivity index (χ4v) is 3.51. The molecule has 1 aliphatic heterocycles. The molecule has 2 aromatic carbocycles. The minimum Gasteiger partial charge on any atom is -0.356 e. The molecule has 0 spiro atoms. The summed E-state index contributed by atoms with van der Waals surface area (Å²) >= 11 is 0. The smallest absolute Gasteiger partial charge is 0.230 e. The topological polar surface area (TPSA) is 72.6 Å². The molecule has 1 amide bonds. The van der Waals surface area contributed by atoms with E-state index in [1.807, 2.05) is 36.1 Å². The van der Waals surface area contributed by atoms with E-state index >= 15 is 4.39 Å². The number of halogens is 1. The van der Waals surface area contributed by atoms with Gasteiger partial charge in [-0.05, 0) is 48.7 Å². The van der Waals surface area contributed by atoms with Crippen LogP contribution in [0.15, 0.2) is 65.8 Å². The van der Waals surface area contributed by atoms with Crippen molar-refractivity contribution in [1.29, 1.82) is 5.26 Å². The fraction of sp³-hybridized carbons (Fsp3) is 0.200. The largest absolute Gasteiger partial charge is 0.356 e. The Balaban J connectivity index is 1.73. The lowest BCUT2D eigenvalue weighted by Crippen LogP contribution is -2.37. The molecule has 160 valence electrons. The lowest BCUT2D eigenvalue weighted by molar-refractivity contribution is -0.118. The summed E-state index contributed by atoms with van der Waals surface area (Å²) in [7, 11) is 0. The number of benzene rings is 2. The second kappa shape index (κ2) is 9.40. The van der Waals surface area contributed by atoms with E-state index in [0.717, 1.165) is 36.2 Å². The summed E-state index contributed by atoms with van der Waals surface area (Å²) in [5, 5.41) is 14.7. The molecule has 6 nitrogen and oxygen atoms in total. The average Bonchev–Trinajstić information content (AvgIpc) is 2.77. The Morgan fingerprint density at radius 1 is 1.16 bits per heavy atom. The van der Waals surface area contributed by atoms with Gasteiger partial charge in [0.15, 0.2) is 0 Å². The summed E-state index contributed by atoms with van der Waals surface area (Å²) in [6, 6.07) is 19.9. The molecule has 1 aliphatic rings. The molecule has 2 heterocycles. The molecule has 1 aromatic heterocycles. The molecule has 0 bridgehead atoms.